The van der Waals surface area contributed by atoms with Crippen LogP contribution in [-0.4, -0.2) is 36.3 Å². The van der Waals surface area contributed by atoms with E-state index in [9.17, 15) is 4.79 Å². The van der Waals surface area contributed by atoms with Gasteiger partial charge in [-0.25, -0.2) is 4.68 Å². The van der Waals surface area contributed by atoms with Crippen LogP contribution in [0.1, 0.15) is 23.3 Å². The maximum absolute atomic E-state index is 12.2. The first-order valence-corrected chi connectivity index (χ1v) is 7.05. The first-order valence-electron chi connectivity index (χ1n) is 6.67. The maximum atomic E-state index is 12.2. The predicted molar refractivity (Wildman–Crippen MR) is 78.3 cm³/mol. The van der Waals surface area contributed by atoms with E-state index in [2.05, 4.69) is 31.0 Å². The standard InChI is InChI=1S/C13H12ClN7O2/c1-8-16-13(18-23-8)12(9-2-4-10(14)5-3-9)17-11(22)6-21-7-15-19-20-21/h2-5,7,12H,6H2,1H3,(H,17,22). The molecule has 9 nitrogen and oxygen atoms in total. The number of nitrogens with zero attached hydrogens (tertiary/aromatic N) is 6. The highest BCUT2D eigenvalue weighted by atomic mass is 35.5. The third-order valence-corrected chi connectivity index (χ3v) is 3.26. The SMILES string of the molecule is Cc1nc(C(NC(=O)Cn2cnnn2)c2ccc(Cl)cc2)no1. The van der Waals surface area contributed by atoms with Gasteiger partial charge in [-0.05, 0) is 28.1 Å². The first kappa shape index (κ1) is 15.1. The molecule has 0 saturated heterocycles. The zero-order chi connectivity index (χ0) is 16.2. The Morgan fingerprint density at radius 3 is 2.78 bits per heavy atom. The molecule has 0 aliphatic heterocycles. The van der Waals surface area contributed by atoms with E-state index >= 15 is 0 Å². The summed E-state index contributed by atoms with van der Waals surface area (Å²) in [4.78, 5) is 16.4. The number of hydrogen-bond acceptors (Lipinski definition) is 7. The molecule has 118 valence electrons. The number of aromatic nitrogens is 6. The average molecular weight is 334 g/mol. The number of rotatable bonds is 5. The molecular weight excluding hydrogens is 322 g/mol. The van der Waals surface area contributed by atoms with Gasteiger partial charge in [0.2, 0.25) is 11.8 Å². The van der Waals surface area contributed by atoms with Gasteiger partial charge in [0, 0.05) is 11.9 Å². The quantitative estimate of drug-likeness (QED) is 0.739. The number of halogens is 1. The Morgan fingerprint density at radius 2 is 2.17 bits per heavy atom. The summed E-state index contributed by atoms with van der Waals surface area (Å²) in [5, 5.41) is 17.9. The molecule has 1 aromatic carbocycles. The normalized spacial score (nSPS) is 12.1. The van der Waals surface area contributed by atoms with E-state index in [-0.39, 0.29) is 12.5 Å². The Balaban J connectivity index is 1.83. The van der Waals surface area contributed by atoms with Gasteiger partial charge in [-0.2, -0.15) is 4.98 Å². The van der Waals surface area contributed by atoms with Crippen molar-refractivity contribution in [1.29, 1.82) is 0 Å². The number of hydrogen-bond donors (Lipinski definition) is 1. The second-order valence-electron chi connectivity index (χ2n) is 4.73. The molecule has 23 heavy (non-hydrogen) atoms. The molecule has 0 fully saturated rings. The lowest BCUT2D eigenvalue weighted by molar-refractivity contribution is -0.122. The molecule has 1 N–H and O–H groups in total. The lowest BCUT2D eigenvalue weighted by Gasteiger charge is -2.15. The van der Waals surface area contributed by atoms with Crippen LogP contribution in [0.3, 0.4) is 0 Å². The molecule has 0 spiro atoms. The van der Waals surface area contributed by atoms with Gasteiger partial charge in [0.25, 0.3) is 0 Å². The zero-order valence-electron chi connectivity index (χ0n) is 12.0. The molecule has 1 amide bonds. The van der Waals surface area contributed by atoms with Crippen molar-refractivity contribution in [3.05, 3.63) is 52.9 Å². The second-order valence-corrected chi connectivity index (χ2v) is 5.17. The van der Waals surface area contributed by atoms with E-state index in [0.29, 0.717) is 16.7 Å². The van der Waals surface area contributed by atoms with Gasteiger partial charge in [0.1, 0.15) is 18.9 Å². The fraction of sp³-hybridized carbons (Fsp3) is 0.231. The van der Waals surface area contributed by atoms with Crippen LogP contribution in [-0.2, 0) is 11.3 Å². The highest BCUT2D eigenvalue weighted by molar-refractivity contribution is 6.30. The maximum Gasteiger partial charge on any atom is 0.242 e. The van der Waals surface area contributed by atoms with Crippen LogP contribution in [0.25, 0.3) is 0 Å². The molecule has 2 aromatic heterocycles. The van der Waals surface area contributed by atoms with Crippen molar-refractivity contribution in [2.75, 3.05) is 0 Å². The zero-order valence-corrected chi connectivity index (χ0v) is 12.8. The van der Waals surface area contributed by atoms with Crippen molar-refractivity contribution in [2.24, 2.45) is 0 Å². The summed E-state index contributed by atoms with van der Waals surface area (Å²) in [6, 6.07) is 6.47. The number of nitrogens with one attached hydrogen (secondary N) is 1. The Labute approximate surface area is 135 Å². The molecule has 10 heteroatoms. The van der Waals surface area contributed by atoms with Crippen molar-refractivity contribution < 1.29 is 9.32 Å². The molecule has 0 bridgehead atoms. The van der Waals surface area contributed by atoms with Crippen LogP contribution in [0, 0.1) is 6.92 Å². The monoisotopic (exact) mass is 333 g/mol. The van der Waals surface area contributed by atoms with Crippen LogP contribution in [0.2, 0.25) is 5.02 Å². The number of tetrazole rings is 1. The Hall–Kier alpha value is -2.81. The van der Waals surface area contributed by atoms with Gasteiger partial charge in [0.15, 0.2) is 5.82 Å². The number of carbonyl (C=O) groups is 1. The lowest BCUT2D eigenvalue weighted by Crippen LogP contribution is -2.33. The number of carbonyl (C=O) groups excluding carboxylic acids is 1. The lowest BCUT2D eigenvalue weighted by atomic mass is 10.1. The van der Waals surface area contributed by atoms with Crippen LogP contribution < -0.4 is 5.32 Å². The van der Waals surface area contributed by atoms with Crippen molar-refractivity contribution in [3.63, 3.8) is 0 Å². The summed E-state index contributed by atoms with van der Waals surface area (Å²) >= 11 is 5.90. The second kappa shape index (κ2) is 6.53. The van der Waals surface area contributed by atoms with Crippen molar-refractivity contribution in [3.8, 4) is 0 Å². The van der Waals surface area contributed by atoms with Crippen LogP contribution >= 0.6 is 11.6 Å². The number of amides is 1. The Bertz CT molecular complexity index is 785. The highest BCUT2D eigenvalue weighted by Gasteiger charge is 2.22. The highest BCUT2D eigenvalue weighted by Crippen LogP contribution is 2.21. The molecule has 0 aliphatic carbocycles. The first-order chi connectivity index (χ1) is 11.1. The molecule has 1 atom stereocenters. The molecule has 2 heterocycles. The van der Waals surface area contributed by atoms with E-state index in [4.69, 9.17) is 16.1 Å². The van der Waals surface area contributed by atoms with Gasteiger partial charge in [-0.3, -0.25) is 4.79 Å². The summed E-state index contributed by atoms with van der Waals surface area (Å²) < 4.78 is 6.32. The van der Waals surface area contributed by atoms with E-state index in [1.807, 2.05) is 0 Å². The van der Waals surface area contributed by atoms with E-state index in [1.54, 1.807) is 31.2 Å². The Morgan fingerprint density at radius 1 is 1.39 bits per heavy atom. The van der Waals surface area contributed by atoms with Gasteiger partial charge in [-0.15, -0.1) is 5.10 Å². The molecular formula is C13H12ClN7O2. The van der Waals surface area contributed by atoms with E-state index in [1.165, 1.54) is 11.0 Å². The minimum atomic E-state index is -0.561. The molecule has 0 saturated carbocycles. The van der Waals surface area contributed by atoms with Gasteiger partial charge in [0.05, 0.1) is 0 Å². The van der Waals surface area contributed by atoms with Gasteiger partial charge >= 0.3 is 0 Å². The summed E-state index contributed by atoms with van der Waals surface area (Å²) in [7, 11) is 0. The van der Waals surface area contributed by atoms with Gasteiger partial charge < -0.3 is 9.84 Å². The van der Waals surface area contributed by atoms with Crippen LogP contribution in [0.5, 0.6) is 0 Å². The van der Waals surface area contributed by atoms with Crippen molar-refractivity contribution in [2.45, 2.75) is 19.5 Å². The predicted octanol–water partition coefficient (Wildman–Crippen LogP) is 0.924. The minimum absolute atomic E-state index is 0.0199. The number of benzene rings is 1. The van der Waals surface area contributed by atoms with E-state index in [0.717, 1.165) is 5.56 Å². The summed E-state index contributed by atoms with van der Waals surface area (Å²) in [6.07, 6.45) is 1.36. The summed E-state index contributed by atoms with van der Waals surface area (Å²) in [5.41, 5.74) is 0.778. The van der Waals surface area contributed by atoms with Crippen molar-refractivity contribution in [1.82, 2.24) is 35.7 Å². The topological polar surface area (TPSA) is 112 Å². The smallest absolute Gasteiger partial charge is 0.242 e. The summed E-state index contributed by atoms with van der Waals surface area (Å²) in [5.74, 6) is 0.475. The van der Waals surface area contributed by atoms with Crippen LogP contribution in [0.15, 0.2) is 35.1 Å². The van der Waals surface area contributed by atoms with Gasteiger partial charge in [-0.1, -0.05) is 28.9 Å². The third kappa shape index (κ3) is 3.69. The van der Waals surface area contributed by atoms with Crippen molar-refractivity contribution >= 4 is 17.5 Å². The largest absolute Gasteiger partial charge is 0.340 e. The minimum Gasteiger partial charge on any atom is -0.340 e. The van der Waals surface area contributed by atoms with Crippen LogP contribution in [0.4, 0.5) is 0 Å². The summed E-state index contributed by atoms with van der Waals surface area (Å²) in [6.45, 7) is 1.66. The third-order valence-electron chi connectivity index (χ3n) is 3.01. The number of aryl methyl sites for hydroxylation is 1. The molecule has 3 aromatic rings. The molecule has 0 radical (unpaired) electrons. The molecule has 3 rings (SSSR count). The fourth-order valence-corrected chi connectivity index (χ4v) is 2.12. The Kier molecular flexibility index (Phi) is 4.29. The molecule has 1 unspecified atom stereocenters. The fourth-order valence-electron chi connectivity index (χ4n) is 1.99. The molecule has 0 aliphatic rings. The van der Waals surface area contributed by atoms with E-state index < -0.39 is 6.04 Å². The average Bonchev–Trinajstić information content (AvgIpc) is 3.17.